The molecule has 1 fully saturated rings. The Morgan fingerprint density at radius 1 is 1.02 bits per heavy atom. The third-order valence-corrected chi connectivity index (χ3v) is 14.5. The highest BCUT2D eigenvalue weighted by Gasteiger charge is 2.43. The quantitative estimate of drug-likeness (QED) is 0.0753. The topological polar surface area (TPSA) is 157 Å². The van der Waals surface area contributed by atoms with E-state index in [0.717, 1.165) is 95.0 Å². The van der Waals surface area contributed by atoms with Crippen LogP contribution in [0.15, 0.2) is 59.4 Å². The summed E-state index contributed by atoms with van der Waals surface area (Å²) in [6.07, 6.45) is 7.66. The van der Waals surface area contributed by atoms with Gasteiger partial charge in [0.2, 0.25) is 5.56 Å². The number of Topliss-reactive ketones (excluding diaryl/α,β-unsaturated/α-hetero) is 1. The summed E-state index contributed by atoms with van der Waals surface area (Å²) < 4.78 is 2.09. The summed E-state index contributed by atoms with van der Waals surface area (Å²) in [6.45, 7) is 6.65. The smallest absolute Gasteiger partial charge is 0.248 e. The Morgan fingerprint density at radius 2 is 1.74 bits per heavy atom. The zero-order valence-electron chi connectivity index (χ0n) is 32.9. The summed E-state index contributed by atoms with van der Waals surface area (Å²) in [5.74, 6) is 0.161. The van der Waals surface area contributed by atoms with Crippen LogP contribution in [0.4, 0.5) is 0 Å². The van der Waals surface area contributed by atoms with Crippen molar-refractivity contribution in [3.05, 3.63) is 107 Å². The summed E-state index contributed by atoms with van der Waals surface area (Å²) in [5.41, 5.74) is 4.98. The second kappa shape index (κ2) is 16.6. The number of hydrogen-bond donors (Lipinski definition) is 5. The average molecular weight is 809 g/mol. The number of aliphatic hydroxyl groups is 2. The van der Waals surface area contributed by atoms with Crippen LogP contribution in [-0.4, -0.2) is 72.2 Å². The first kappa shape index (κ1) is 39.6. The van der Waals surface area contributed by atoms with Gasteiger partial charge in [-0.05, 0) is 149 Å². The fraction of sp³-hybridized carbons (Fsp3) is 0.455. The number of carbonyl (C=O) groups is 1. The van der Waals surface area contributed by atoms with E-state index in [0.29, 0.717) is 42.0 Å². The molecule has 1 atom stereocenters. The minimum absolute atomic E-state index is 0.0275. The van der Waals surface area contributed by atoms with Crippen LogP contribution >= 0.6 is 22.7 Å². The molecule has 4 heterocycles. The van der Waals surface area contributed by atoms with Crippen molar-refractivity contribution in [3.63, 3.8) is 0 Å². The Labute approximate surface area is 340 Å². The number of nitrogens with one attached hydrogen (secondary N) is 2. The molecule has 5 N–H and O–H groups in total. The predicted octanol–water partition coefficient (Wildman–Crippen LogP) is 6.81. The lowest BCUT2D eigenvalue weighted by atomic mass is 9.79. The van der Waals surface area contributed by atoms with E-state index >= 15 is 0 Å². The first-order chi connectivity index (χ1) is 27.5. The zero-order valence-corrected chi connectivity index (χ0v) is 34.5. The molecule has 0 spiro atoms. The van der Waals surface area contributed by atoms with Crippen molar-refractivity contribution >= 4 is 50.4 Å². The number of hydrogen-bond acceptors (Lipinski definition) is 11. The van der Waals surface area contributed by atoms with Crippen LogP contribution in [0, 0.1) is 19.8 Å². The van der Waals surface area contributed by atoms with Gasteiger partial charge in [0.25, 0.3) is 0 Å². The lowest BCUT2D eigenvalue weighted by Gasteiger charge is -2.35. The second-order valence-electron chi connectivity index (χ2n) is 16.1. The Morgan fingerprint density at radius 3 is 2.44 bits per heavy atom. The Bertz CT molecular complexity index is 2420. The number of fused-ring (bicyclic) bond motifs is 4. The fourth-order valence-electron chi connectivity index (χ4n) is 9.17. The lowest BCUT2D eigenvalue weighted by Crippen LogP contribution is -2.39. The molecule has 2 aliphatic carbocycles. The maximum Gasteiger partial charge on any atom is 0.248 e. The molecule has 0 unspecified atom stereocenters. The maximum absolute atomic E-state index is 13.9. The molecule has 0 saturated heterocycles. The third-order valence-electron chi connectivity index (χ3n) is 12.3. The standard InChI is InChI=1S/C44H52N6O5S2/c1-26-8-17-39(56-26)44(55,40-18-9-27(2)57-40)38(53)22-28-10-12-30(13-11-28)49(3)20-5-21-50-43-34-7-4-6-31(34)29(23-35(43)47-48-50)24-45-25-37(52)32-14-16-36(51)42-33(32)15-19-41(54)46-42/h8-9,14-19,23,28,30,37,45,51-52,55H,4-7,10-13,20-22,24-25H2,1-3H3,(H,46,54)/t28-,30-,37-/m0/s1. The van der Waals surface area contributed by atoms with E-state index in [2.05, 4.69) is 43.3 Å². The Hall–Kier alpha value is -4.24. The van der Waals surface area contributed by atoms with E-state index in [1.807, 2.05) is 38.1 Å². The number of H-pyrrole nitrogens is 1. The zero-order chi connectivity index (χ0) is 39.8. The van der Waals surface area contributed by atoms with E-state index in [4.69, 9.17) is 0 Å². The van der Waals surface area contributed by atoms with Crippen LogP contribution in [0.3, 0.4) is 0 Å². The molecular weight excluding hydrogens is 757 g/mol. The van der Waals surface area contributed by atoms with Crippen LogP contribution < -0.4 is 10.9 Å². The highest BCUT2D eigenvalue weighted by molar-refractivity contribution is 7.14. The number of ketones is 1. The van der Waals surface area contributed by atoms with E-state index in [-0.39, 0.29) is 23.0 Å². The van der Waals surface area contributed by atoms with Crippen LogP contribution in [0.25, 0.3) is 21.9 Å². The summed E-state index contributed by atoms with van der Waals surface area (Å²) in [6, 6.07) is 16.6. The van der Waals surface area contributed by atoms with Gasteiger partial charge in [-0.25, -0.2) is 4.68 Å². The molecule has 4 aromatic heterocycles. The van der Waals surface area contributed by atoms with Gasteiger partial charge < -0.3 is 30.5 Å². The van der Waals surface area contributed by atoms with Crippen molar-refractivity contribution in [1.29, 1.82) is 0 Å². The SMILES string of the molecule is Cc1ccc(C(O)(C(=O)C[C@H]2CC[C@H](N(C)CCCn3nnc4cc(CNC[C@H](O)c5ccc(O)c6[nH]c(=O)ccc56)c5c(c43)CCC5)CC2)c2ccc(C)s2)s1. The highest BCUT2D eigenvalue weighted by atomic mass is 32.1. The molecule has 1 saturated carbocycles. The monoisotopic (exact) mass is 808 g/mol. The van der Waals surface area contributed by atoms with Gasteiger partial charge >= 0.3 is 0 Å². The molecule has 2 aromatic carbocycles. The number of aryl methyl sites for hydroxylation is 4. The van der Waals surface area contributed by atoms with E-state index < -0.39 is 11.7 Å². The van der Waals surface area contributed by atoms with Gasteiger partial charge in [-0.15, -0.1) is 27.8 Å². The van der Waals surface area contributed by atoms with E-state index in [9.17, 15) is 24.9 Å². The number of aliphatic hydroxyl groups excluding tert-OH is 1. The number of phenols is 1. The molecule has 11 nitrogen and oxygen atoms in total. The minimum atomic E-state index is -1.57. The van der Waals surface area contributed by atoms with Crippen molar-refractivity contribution in [3.8, 4) is 5.75 Å². The first-order valence-corrected chi connectivity index (χ1v) is 21.8. The molecule has 8 rings (SSSR count). The van der Waals surface area contributed by atoms with Gasteiger partial charge in [-0.2, -0.15) is 0 Å². The molecule has 57 heavy (non-hydrogen) atoms. The number of rotatable bonds is 15. The number of aromatic hydroxyl groups is 1. The van der Waals surface area contributed by atoms with Gasteiger partial charge in [0.1, 0.15) is 11.3 Å². The number of nitrogens with zero attached hydrogens (tertiary/aromatic N) is 4. The van der Waals surface area contributed by atoms with Crippen molar-refractivity contribution in [2.45, 2.75) is 102 Å². The van der Waals surface area contributed by atoms with Crippen LogP contribution in [0.1, 0.15) is 92.8 Å². The van der Waals surface area contributed by atoms with Crippen molar-refractivity contribution in [2.75, 3.05) is 20.1 Å². The molecular formula is C44H52N6O5S2. The molecule has 0 amide bonds. The maximum atomic E-state index is 13.9. The van der Waals surface area contributed by atoms with Crippen molar-refractivity contribution in [2.24, 2.45) is 5.92 Å². The van der Waals surface area contributed by atoms with Crippen LogP contribution in [0.5, 0.6) is 5.75 Å². The normalized spacial score (nSPS) is 17.9. The van der Waals surface area contributed by atoms with E-state index in [1.165, 1.54) is 51.5 Å². The molecule has 0 aliphatic heterocycles. The number of carbonyl (C=O) groups excluding carboxylic acids is 1. The Balaban J connectivity index is 0.844. The third kappa shape index (κ3) is 7.98. The molecule has 2 aliphatic rings. The molecule has 0 bridgehead atoms. The summed E-state index contributed by atoms with van der Waals surface area (Å²) >= 11 is 3.01. The van der Waals surface area contributed by atoms with Gasteiger partial charge in [-0.1, -0.05) is 11.3 Å². The molecule has 6 aromatic rings. The van der Waals surface area contributed by atoms with Gasteiger partial charge in [-0.3, -0.25) is 9.59 Å². The van der Waals surface area contributed by atoms with Crippen LogP contribution in [-0.2, 0) is 36.3 Å². The van der Waals surface area contributed by atoms with E-state index in [1.54, 1.807) is 12.1 Å². The summed E-state index contributed by atoms with van der Waals surface area (Å²) in [5, 5.41) is 46.6. The highest BCUT2D eigenvalue weighted by Crippen LogP contribution is 2.42. The number of pyridine rings is 1. The average Bonchev–Trinajstić information content (AvgIpc) is 4.03. The first-order valence-electron chi connectivity index (χ1n) is 20.2. The summed E-state index contributed by atoms with van der Waals surface area (Å²) in [4.78, 5) is 34.5. The number of aromatic amines is 1. The molecule has 300 valence electrons. The van der Waals surface area contributed by atoms with Gasteiger partial charge in [0, 0.05) is 63.1 Å². The Kier molecular flexibility index (Phi) is 11.5. The van der Waals surface area contributed by atoms with Gasteiger partial charge in [0.15, 0.2) is 11.4 Å². The lowest BCUT2D eigenvalue weighted by molar-refractivity contribution is -0.135. The number of thiophene rings is 2. The number of aromatic nitrogens is 4. The largest absolute Gasteiger partial charge is 0.506 e. The number of benzene rings is 2. The van der Waals surface area contributed by atoms with Crippen LogP contribution in [0.2, 0.25) is 0 Å². The number of phenolic OH excluding ortho intramolecular Hbond substituents is 1. The minimum Gasteiger partial charge on any atom is -0.506 e. The second-order valence-corrected chi connectivity index (χ2v) is 18.7. The van der Waals surface area contributed by atoms with Crippen molar-refractivity contribution in [1.82, 2.24) is 30.2 Å². The molecule has 13 heteroatoms. The van der Waals surface area contributed by atoms with Gasteiger partial charge in [0.05, 0.1) is 17.1 Å². The molecule has 0 radical (unpaired) electrons. The summed E-state index contributed by atoms with van der Waals surface area (Å²) in [7, 11) is 2.21. The van der Waals surface area contributed by atoms with Crippen molar-refractivity contribution < 1.29 is 20.1 Å². The fourth-order valence-corrected chi connectivity index (χ4v) is 11.2. The predicted molar refractivity (Wildman–Crippen MR) is 226 cm³/mol.